The van der Waals surface area contributed by atoms with E-state index in [1.165, 1.54) is 5.48 Å². The highest BCUT2D eigenvalue weighted by Gasteiger charge is 2.08. The van der Waals surface area contributed by atoms with Crippen molar-refractivity contribution in [3.05, 3.63) is 42.1 Å². The summed E-state index contributed by atoms with van der Waals surface area (Å²) in [6, 6.07) is 0.770. The molecule has 0 radical (unpaired) electrons. The highest BCUT2D eigenvalue weighted by Crippen LogP contribution is 1.85. The van der Waals surface area contributed by atoms with Gasteiger partial charge in [0.15, 0.2) is 5.36 Å². The van der Waals surface area contributed by atoms with Gasteiger partial charge in [-0.3, -0.25) is 25.1 Å². The van der Waals surface area contributed by atoms with Crippen LogP contribution < -0.4 is 27.1 Å². The summed E-state index contributed by atoms with van der Waals surface area (Å²) in [4.78, 5) is 32.4. The van der Waals surface area contributed by atoms with Crippen molar-refractivity contribution in [2.75, 3.05) is 5.48 Å². The first kappa shape index (κ1) is 9.07. The zero-order chi connectivity index (χ0) is 10.0. The molecule has 0 amide bonds. The van der Waals surface area contributed by atoms with Gasteiger partial charge in [0.05, 0.1) is 0 Å². The molecule has 68 valence electrons. The Hall–Kier alpha value is -2.02. The Morgan fingerprint density at radius 2 is 1.77 bits per heavy atom. The monoisotopic (exact) mass is 184 g/mol. The molecule has 0 heterocycles. The van der Waals surface area contributed by atoms with Crippen molar-refractivity contribution in [3.8, 4) is 0 Å². The molecule has 0 unspecified atom stereocenters. The molecular weight excluding hydrogens is 180 g/mol. The van der Waals surface area contributed by atoms with Gasteiger partial charge in [0.2, 0.25) is 0 Å². The molecule has 0 aliphatic heterocycles. The summed E-state index contributed by atoms with van der Waals surface area (Å²) in [6.07, 6.45) is 0. The van der Waals surface area contributed by atoms with E-state index in [9.17, 15) is 14.4 Å². The Balaban J connectivity index is 3.89. The molecule has 1 rings (SSSR count). The van der Waals surface area contributed by atoms with Gasteiger partial charge >= 0.3 is 0 Å². The lowest BCUT2D eigenvalue weighted by atomic mass is 10.3. The fourth-order valence-electron chi connectivity index (χ4n) is 0.767. The van der Waals surface area contributed by atoms with Crippen LogP contribution in [-0.2, 0) is 0 Å². The van der Waals surface area contributed by atoms with Crippen LogP contribution in [0.5, 0.6) is 0 Å². The van der Waals surface area contributed by atoms with Crippen molar-refractivity contribution in [1.82, 2.24) is 0 Å². The number of anilines is 1. The minimum atomic E-state index is -1.35. The van der Waals surface area contributed by atoms with E-state index >= 15 is 0 Å². The van der Waals surface area contributed by atoms with Crippen LogP contribution in [0, 0.1) is 0 Å². The highest BCUT2D eigenvalue weighted by molar-refractivity contribution is 5.39. The maximum atomic E-state index is 10.8. The Bertz CT molecular complexity index is 525. The molecule has 0 spiro atoms. The Morgan fingerprint density at radius 3 is 2.23 bits per heavy atom. The number of rotatable bonds is 1. The van der Waals surface area contributed by atoms with E-state index in [0.29, 0.717) is 0 Å². The Labute approximate surface area is 69.9 Å². The molecule has 1 aromatic carbocycles. The van der Waals surface area contributed by atoms with Crippen molar-refractivity contribution >= 4 is 5.69 Å². The first-order valence-corrected chi connectivity index (χ1v) is 3.09. The molecule has 0 aliphatic carbocycles. The standard InChI is InChI=1S/C6H4N2O5/c9-4-2(7-12)1-3(8-13)5(10)6(4)11/h1,7,12-13H. The normalized spacial score (nSPS) is 11.6. The lowest BCUT2D eigenvalue weighted by Gasteiger charge is -1.92. The van der Waals surface area contributed by atoms with Gasteiger partial charge in [-0.15, -0.1) is 0 Å². The third kappa shape index (κ3) is 1.32. The third-order valence-electron chi connectivity index (χ3n) is 1.40. The van der Waals surface area contributed by atoms with Crippen molar-refractivity contribution in [3.63, 3.8) is 0 Å². The molecule has 1 aromatic rings. The molecular formula is C6H4N2O5. The number of nitrogens with zero attached hydrogens (tertiary/aromatic N) is 1. The van der Waals surface area contributed by atoms with Gasteiger partial charge in [-0.1, -0.05) is 5.16 Å². The minimum absolute atomic E-state index is 0.502. The van der Waals surface area contributed by atoms with Crippen molar-refractivity contribution in [2.24, 2.45) is 5.16 Å². The summed E-state index contributed by atoms with van der Waals surface area (Å²) in [5.41, 5.74) is -2.81. The summed E-state index contributed by atoms with van der Waals surface area (Å²) < 4.78 is 0. The summed E-state index contributed by atoms with van der Waals surface area (Å²) in [5.74, 6) is 0. The molecule has 7 nitrogen and oxygen atoms in total. The quantitative estimate of drug-likeness (QED) is 0.257. The van der Waals surface area contributed by atoms with E-state index in [0.717, 1.165) is 6.07 Å². The number of nitrogens with one attached hydrogen (secondary N) is 1. The van der Waals surface area contributed by atoms with E-state index < -0.39 is 27.3 Å². The average Bonchev–Trinajstić information content (AvgIpc) is 2.15. The van der Waals surface area contributed by atoms with Crippen molar-refractivity contribution < 1.29 is 10.4 Å². The fraction of sp³-hybridized carbons (Fsp3) is 0. The molecule has 7 heteroatoms. The molecule has 0 aliphatic rings. The van der Waals surface area contributed by atoms with E-state index in [1.807, 2.05) is 0 Å². The lowest BCUT2D eigenvalue weighted by Crippen LogP contribution is -2.47. The topological polar surface area (TPSA) is 116 Å². The van der Waals surface area contributed by atoms with Crippen LogP contribution in [0.2, 0.25) is 0 Å². The maximum Gasteiger partial charge on any atom is 0.277 e. The van der Waals surface area contributed by atoms with Crippen LogP contribution in [-0.4, -0.2) is 10.4 Å². The molecule has 0 aromatic heterocycles. The van der Waals surface area contributed by atoms with E-state index in [4.69, 9.17) is 10.4 Å². The molecule has 0 saturated carbocycles. The summed E-state index contributed by atoms with van der Waals surface area (Å²) >= 11 is 0. The summed E-state index contributed by atoms with van der Waals surface area (Å²) in [5, 5.41) is 18.4. The van der Waals surface area contributed by atoms with Gasteiger partial charge in [-0.2, -0.15) is 0 Å². The summed E-state index contributed by atoms with van der Waals surface area (Å²) in [7, 11) is 0. The first-order valence-electron chi connectivity index (χ1n) is 3.09. The largest absolute Gasteiger partial charge is 0.410 e. The smallest absolute Gasteiger partial charge is 0.277 e. The Kier molecular flexibility index (Phi) is 2.20. The third-order valence-corrected chi connectivity index (χ3v) is 1.40. The number of benzene rings is 1. The molecule has 0 saturated heterocycles. The highest BCUT2D eigenvalue weighted by atomic mass is 16.5. The fourth-order valence-corrected chi connectivity index (χ4v) is 0.767. The van der Waals surface area contributed by atoms with Gasteiger partial charge in [0, 0.05) is 6.07 Å². The second-order valence-corrected chi connectivity index (χ2v) is 2.14. The Morgan fingerprint density at radius 1 is 1.15 bits per heavy atom. The second-order valence-electron chi connectivity index (χ2n) is 2.14. The van der Waals surface area contributed by atoms with Crippen molar-refractivity contribution in [2.45, 2.75) is 0 Å². The van der Waals surface area contributed by atoms with Gasteiger partial charge < -0.3 is 5.21 Å². The van der Waals surface area contributed by atoms with Gasteiger partial charge in [0.1, 0.15) is 5.69 Å². The van der Waals surface area contributed by atoms with E-state index in [1.54, 1.807) is 0 Å². The molecule has 3 N–H and O–H groups in total. The van der Waals surface area contributed by atoms with Crippen LogP contribution in [0.3, 0.4) is 0 Å². The minimum Gasteiger partial charge on any atom is -0.410 e. The summed E-state index contributed by atoms with van der Waals surface area (Å²) in [6.45, 7) is 0. The zero-order valence-corrected chi connectivity index (χ0v) is 6.14. The van der Waals surface area contributed by atoms with Crippen molar-refractivity contribution in [1.29, 1.82) is 0 Å². The second kappa shape index (κ2) is 3.15. The number of hydrogen-bond acceptors (Lipinski definition) is 7. The maximum absolute atomic E-state index is 10.8. The van der Waals surface area contributed by atoms with Crippen LogP contribution in [0.15, 0.2) is 25.6 Å². The zero-order valence-electron chi connectivity index (χ0n) is 6.14. The first-order chi connectivity index (χ1) is 6.11. The van der Waals surface area contributed by atoms with Gasteiger partial charge in [-0.05, 0) is 0 Å². The van der Waals surface area contributed by atoms with E-state index in [-0.39, 0.29) is 0 Å². The van der Waals surface area contributed by atoms with Gasteiger partial charge in [0.25, 0.3) is 16.3 Å². The number of hydrogen-bond donors (Lipinski definition) is 3. The van der Waals surface area contributed by atoms with Crippen LogP contribution in [0.1, 0.15) is 0 Å². The SMILES string of the molecule is O=c1c(NO)cc(=NO)c(=O)c1=O. The average molecular weight is 184 g/mol. The predicted octanol–water partition coefficient (Wildman–Crippen LogP) is -2.27. The molecule has 0 bridgehead atoms. The van der Waals surface area contributed by atoms with Crippen LogP contribution in [0.4, 0.5) is 5.69 Å². The molecule has 0 atom stereocenters. The molecule has 0 fully saturated rings. The molecule has 13 heavy (non-hydrogen) atoms. The van der Waals surface area contributed by atoms with E-state index in [2.05, 4.69) is 5.16 Å². The van der Waals surface area contributed by atoms with Crippen LogP contribution >= 0.6 is 0 Å². The van der Waals surface area contributed by atoms with Crippen LogP contribution in [0.25, 0.3) is 0 Å². The lowest BCUT2D eigenvalue weighted by molar-refractivity contribution is 0.301. The van der Waals surface area contributed by atoms with Gasteiger partial charge in [-0.25, -0.2) is 0 Å². The predicted molar refractivity (Wildman–Crippen MR) is 40.4 cm³/mol.